The summed E-state index contributed by atoms with van der Waals surface area (Å²) < 4.78 is 10.5. The van der Waals surface area contributed by atoms with Crippen LogP contribution in [-0.4, -0.2) is 46.5 Å². The molecule has 1 aliphatic rings. The summed E-state index contributed by atoms with van der Waals surface area (Å²) in [5, 5.41) is 19.5. The summed E-state index contributed by atoms with van der Waals surface area (Å²) in [6, 6.07) is 9.47. The number of carbonyl (C=O) groups is 1. The van der Waals surface area contributed by atoms with Crippen LogP contribution in [0.3, 0.4) is 0 Å². The van der Waals surface area contributed by atoms with Crippen molar-refractivity contribution in [3.05, 3.63) is 30.3 Å². The highest BCUT2D eigenvalue weighted by atomic mass is 32.2. The number of esters is 1. The molecule has 0 unspecified atom stereocenters. The van der Waals surface area contributed by atoms with E-state index in [1.165, 1.54) is 18.7 Å². The van der Waals surface area contributed by atoms with Gasteiger partial charge in [0.2, 0.25) is 0 Å². The van der Waals surface area contributed by atoms with Crippen LogP contribution in [0.4, 0.5) is 0 Å². The van der Waals surface area contributed by atoms with Gasteiger partial charge in [0.05, 0.1) is 6.61 Å². The maximum absolute atomic E-state index is 11.1. The largest absolute Gasteiger partial charge is 0.456 e. The quantitative estimate of drug-likeness (QED) is 0.799. The monoisotopic (exact) mass is 284 g/mol. The Morgan fingerprint density at radius 3 is 2.68 bits per heavy atom. The van der Waals surface area contributed by atoms with Crippen LogP contribution < -0.4 is 0 Å². The summed E-state index contributed by atoms with van der Waals surface area (Å²) in [6.07, 6.45) is -3.07. The van der Waals surface area contributed by atoms with Crippen molar-refractivity contribution in [3.8, 4) is 0 Å². The number of hydrogen-bond acceptors (Lipinski definition) is 6. The minimum atomic E-state index is -1.14. The van der Waals surface area contributed by atoms with Gasteiger partial charge in [-0.3, -0.25) is 4.79 Å². The predicted octanol–water partition coefficient (Wildman–Crippen LogP) is 0.789. The van der Waals surface area contributed by atoms with E-state index in [9.17, 15) is 15.0 Å². The van der Waals surface area contributed by atoms with Gasteiger partial charge in [0.25, 0.3) is 0 Å². The Morgan fingerprint density at radius 1 is 1.37 bits per heavy atom. The fourth-order valence-corrected chi connectivity index (χ4v) is 2.90. The van der Waals surface area contributed by atoms with Crippen LogP contribution in [0, 0.1) is 0 Å². The molecule has 0 aromatic heterocycles. The van der Waals surface area contributed by atoms with Crippen LogP contribution in [0.2, 0.25) is 0 Å². The summed E-state index contributed by atoms with van der Waals surface area (Å²) in [5.41, 5.74) is -0.537. The Labute approximate surface area is 115 Å². The second-order valence-corrected chi connectivity index (χ2v) is 5.44. The molecule has 19 heavy (non-hydrogen) atoms. The molecule has 2 rings (SSSR count). The average molecular weight is 284 g/mol. The second-order valence-electron chi connectivity index (χ2n) is 4.26. The van der Waals surface area contributed by atoms with Gasteiger partial charge in [-0.15, -0.1) is 0 Å². The number of aliphatic hydroxyl groups is 2. The minimum Gasteiger partial charge on any atom is -0.456 e. The molecule has 1 aromatic rings. The summed E-state index contributed by atoms with van der Waals surface area (Å²) >= 11 is 1.35. The van der Waals surface area contributed by atoms with Crippen LogP contribution in [0.15, 0.2) is 35.2 Å². The molecule has 5 nitrogen and oxygen atoms in total. The van der Waals surface area contributed by atoms with Crippen molar-refractivity contribution in [2.75, 3.05) is 6.61 Å². The molecule has 0 aliphatic carbocycles. The lowest BCUT2D eigenvalue weighted by atomic mass is 10.1. The molecular weight excluding hydrogens is 268 g/mol. The molecule has 0 amide bonds. The lowest BCUT2D eigenvalue weighted by Crippen LogP contribution is -2.53. The van der Waals surface area contributed by atoms with Gasteiger partial charge in [0, 0.05) is 11.8 Å². The van der Waals surface area contributed by atoms with Gasteiger partial charge in [-0.1, -0.05) is 30.0 Å². The molecule has 6 heteroatoms. The van der Waals surface area contributed by atoms with E-state index >= 15 is 0 Å². The van der Waals surface area contributed by atoms with E-state index in [1.807, 2.05) is 30.3 Å². The third-order valence-corrected chi connectivity index (χ3v) is 3.91. The number of carbonyl (C=O) groups excluding carboxylic acids is 1. The summed E-state index contributed by atoms with van der Waals surface area (Å²) in [7, 11) is 0. The first-order chi connectivity index (χ1) is 9.08. The van der Waals surface area contributed by atoms with Gasteiger partial charge in [-0.05, 0) is 12.1 Å². The Morgan fingerprint density at radius 2 is 2.05 bits per heavy atom. The number of hydrogen-bond donors (Lipinski definition) is 2. The molecule has 2 N–H and O–H groups in total. The first-order valence-corrected chi connectivity index (χ1v) is 6.82. The molecule has 0 bridgehead atoms. The van der Waals surface area contributed by atoms with Crippen molar-refractivity contribution in [2.45, 2.75) is 35.6 Å². The van der Waals surface area contributed by atoms with Gasteiger partial charge < -0.3 is 19.7 Å². The van der Waals surface area contributed by atoms with E-state index < -0.39 is 29.7 Å². The van der Waals surface area contributed by atoms with Gasteiger partial charge in [-0.2, -0.15) is 0 Å². The van der Waals surface area contributed by atoms with Gasteiger partial charge in [-0.25, -0.2) is 0 Å². The normalized spacial score (nSPS) is 30.9. The first kappa shape index (κ1) is 14.3. The second kappa shape index (κ2) is 6.38. The number of thioether (sulfide) groups is 1. The third-order valence-electron chi connectivity index (χ3n) is 2.73. The number of ether oxygens (including phenoxy) is 2. The topological polar surface area (TPSA) is 76.0 Å². The SMILES string of the molecule is CC(=O)O[C@@H]1[C@@H](O)[C@@H](O)CO[C@H]1Sc1ccccc1. The minimum absolute atomic E-state index is 0.0173. The highest BCUT2D eigenvalue weighted by molar-refractivity contribution is 7.99. The van der Waals surface area contributed by atoms with Crippen molar-refractivity contribution in [1.29, 1.82) is 0 Å². The van der Waals surface area contributed by atoms with Gasteiger partial charge >= 0.3 is 5.97 Å². The zero-order valence-electron chi connectivity index (χ0n) is 10.4. The zero-order valence-corrected chi connectivity index (χ0v) is 11.2. The molecule has 0 spiro atoms. The van der Waals surface area contributed by atoms with Crippen LogP contribution in [-0.2, 0) is 14.3 Å². The Hall–Kier alpha value is -1.08. The average Bonchev–Trinajstić information content (AvgIpc) is 2.39. The molecule has 1 aromatic carbocycles. The Kier molecular flexibility index (Phi) is 4.81. The van der Waals surface area contributed by atoms with E-state index in [4.69, 9.17) is 9.47 Å². The lowest BCUT2D eigenvalue weighted by Gasteiger charge is -2.37. The smallest absolute Gasteiger partial charge is 0.303 e. The molecule has 4 atom stereocenters. The Balaban J connectivity index is 2.10. The van der Waals surface area contributed by atoms with E-state index in [0.29, 0.717) is 0 Å². The van der Waals surface area contributed by atoms with Crippen LogP contribution >= 0.6 is 11.8 Å². The van der Waals surface area contributed by atoms with Crippen molar-refractivity contribution >= 4 is 17.7 Å². The molecule has 1 heterocycles. The van der Waals surface area contributed by atoms with Crippen LogP contribution in [0.1, 0.15) is 6.92 Å². The zero-order chi connectivity index (χ0) is 13.8. The molecule has 1 aliphatic heterocycles. The lowest BCUT2D eigenvalue weighted by molar-refractivity contribution is -0.189. The first-order valence-electron chi connectivity index (χ1n) is 5.94. The molecule has 0 saturated carbocycles. The van der Waals surface area contributed by atoms with Crippen molar-refractivity contribution in [1.82, 2.24) is 0 Å². The molecular formula is C13H16O5S. The van der Waals surface area contributed by atoms with E-state index in [1.54, 1.807) is 0 Å². The van der Waals surface area contributed by atoms with Gasteiger partial charge in [0.15, 0.2) is 6.10 Å². The maximum Gasteiger partial charge on any atom is 0.303 e. The standard InChI is InChI=1S/C13H16O5S/c1-8(14)18-12-11(16)10(15)7-17-13(12)19-9-5-3-2-4-6-9/h2-6,10-13,15-16H,7H2,1H3/t10-,11-,12+,13-/m0/s1. The highest BCUT2D eigenvalue weighted by Crippen LogP contribution is 2.32. The number of rotatable bonds is 3. The van der Waals surface area contributed by atoms with E-state index in [2.05, 4.69) is 0 Å². The van der Waals surface area contributed by atoms with Crippen LogP contribution in [0.5, 0.6) is 0 Å². The summed E-state index contributed by atoms with van der Waals surface area (Å²) in [4.78, 5) is 12.0. The molecule has 1 saturated heterocycles. The number of benzene rings is 1. The Bertz CT molecular complexity index is 424. The highest BCUT2D eigenvalue weighted by Gasteiger charge is 2.41. The van der Waals surface area contributed by atoms with Crippen molar-refractivity contribution < 1.29 is 24.5 Å². The predicted molar refractivity (Wildman–Crippen MR) is 69.6 cm³/mol. The molecule has 104 valence electrons. The van der Waals surface area contributed by atoms with Gasteiger partial charge in [0.1, 0.15) is 17.6 Å². The summed E-state index contributed by atoms with van der Waals surface area (Å²) in [6.45, 7) is 1.28. The van der Waals surface area contributed by atoms with Crippen LogP contribution in [0.25, 0.3) is 0 Å². The van der Waals surface area contributed by atoms with Crippen molar-refractivity contribution in [3.63, 3.8) is 0 Å². The summed E-state index contributed by atoms with van der Waals surface area (Å²) in [5.74, 6) is -0.514. The number of aliphatic hydroxyl groups excluding tert-OH is 2. The molecule has 0 radical (unpaired) electrons. The van der Waals surface area contributed by atoms with E-state index in [0.717, 1.165) is 4.90 Å². The maximum atomic E-state index is 11.1. The fraction of sp³-hybridized carbons (Fsp3) is 0.462. The molecule has 1 fully saturated rings. The van der Waals surface area contributed by atoms with Crippen molar-refractivity contribution in [2.24, 2.45) is 0 Å². The fourth-order valence-electron chi connectivity index (χ4n) is 1.82. The third kappa shape index (κ3) is 3.70. The van der Waals surface area contributed by atoms with E-state index in [-0.39, 0.29) is 6.61 Å².